The molecule has 9 aromatic carbocycles. The Balaban J connectivity index is 1.05. The largest absolute Gasteiger partial charge is 0.457 e. The third-order valence-electron chi connectivity index (χ3n) is 17.7. The fraction of sp³-hybridized carbons (Fsp3) is 0.272. The van der Waals surface area contributed by atoms with Crippen LogP contribution in [0, 0.1) is 0 Å². The first kappa shape index (κ1) is 51.7. The Morgan fingerprint density at radius 3 is 1.79 bits per heavy atom. The molecule has 0 aliphatic carbocycles. The summed E-state index contributed by atoms with van der Waals surface area (Å²) in [4.78, 5) is 9.74. The molecule has 0 bridgehead atoms. The minimum absolute atomic E-state index is 0.108. The molecule has 6 heteroatoms. The lowest BCUT2D eigenvalue weighted by molar-refractivity contribution is 0.483. The lowest BCUT2D eigenvalue weighted by Crippen LogP contribution is -2.25. The number of rotatable bonds is 11. The molecular formula is C81H82N4OS. The minimum Gasteiger partial charge on any atom is -0.457 e. The van der Waals surface area contributed by atoms with E-state index in [1.807, 2.05) is 29.7 Å². The second-order valence-corrected chi connectivity index (χ2v) is 29.0. The van der Waals surface area contributed by atoms with Gasteiger partial charge in [-0.25, -0.2) is 4.98 Å². The zero-order valence-electron chi connectivity index (χ0n) is 58.1. The number of aromatic nitrogens is 2. The molecule has 0 atom stereocenters. The Hall–Kier alpha value is -8.45. The lowest BCUT2D eigenvalue weighted by Gasteiger charge is -2.30. The quantitative estimate of drug-likeness (QED) is 0.129. The van der Waals surface area contributed by atoms with Crippen LogP contribution in [-0.2, 0) is 16.2 Å². The van der Waals surface area contributed by atoms with Crippen LogP contribution in [0.25, 0.3) is 81.2 Å². The maximum atomic E-state index is 9.51. The Bertz CT molecular complexity index is 4860. The molecule has 0 saturated carbocycles. The molecule has 1 aliphatic heterocycles. The number of thiophene rings is 1. The maximum absolute atomic E-state index is 9.51. The van der Waals surface area contributed by atoms with E-state index in [4.69, 9.17) is 13.8 Å². The number of benzene rings is 9. The molecular weight excluding hydrogens is 1080 g/mol. The van der Waals surface area contributed by atoms with Crippen LogP contribution < -0.4 is 14.5 Å². The van der Waals surface area contributed by atoms with Gasteiger partial charge in [0, 0.05) is 66.1 Å². The maximum Gasteiger partial charge on any atom is 0.137 e. The summed E-state index contributed by atoms with van der Waals surface area (Å²) < 4.78 is 57.9. The molecule has 0 N–H and O–H groups in total. The standard InChI is InChI=1S/C81H82N4OS/c1-49(2)53-42-67(50(3)4)75(68(43-53)51(5)6)55-40-59(83-48-84(70-30-21-20-29-69(70)83)77-62(52-24-17-16-18-25-52)27-23-28-63(77)54-38-57(80(10,11)12)44-58(39-54)81(13,14)15)46-61(41-55)86-60-32-33-66-72(47-60)85(74-45-56(36-37-82-74)79(7,8)9)71-35-34-65-64-26-19-22-31-73(64)87-78(65)76(66)71/h16-47,49-51H,48H2,1-15H3/i16D,17D,18D,24D,25D. The Labute approximate surface area is 527 Å². The number of hydrogen-bond donors (Lipinski definition) is 0. The van der Waals surface area contributed by atoms with Crippen molar-refractivity contribution in [2.75, 3.05) is 16.5 Å². The smallest absolute Gasteiger partial charge is 0.137 e. The zero-order chi connectivity index (χ0) is 65.4. The van der Waals surface area contributed by atoms with E-state index in [1.165, 1.54) is 64.5 Å². The van der Waals surface area contributed by atoms with Crippen molar-refractivity contribution in [3.63, 3.8) is 0 Å². The highest BCUT2D eigenvalue weighted by atomic mass is 32.1. The van der Waals surface area contributed by atoms with Crippen LogP contribution in [-0.4, -0.2) is 16.2 Å². The van der Waals surface area contributed by atoms with Crippen molar-refractivity contribution < 1.29 is 11.6 Å². The van der Waals surface area contributed by atoms with Gasteiger partial charge in [-0.05, 0) is 150 Å². The van der Waals surface area contributed by atoms with Gasteiger partial charge in [-0.2, -0.15) is 0 Å². The summed E-state index contributed by atoms with van der Waals surface area (Å²) in [5.74, 6) is 2.92. The zero-order valence-corrected chi connectivity index (χ0v) is 53.9. The highest BCUT2D eigenvalue weighted by molar-refractivity contribution is 7.26. The van der Waals surface area contributed by atoms with Gasteiger partial charge in [-0.3, -0.25) is 4.57 Å². The first-order valence-corrected chi connectivity index (χ1v) is 31.8. The van der Waals surface area contributed by atoms with Crippen molar-refractivity contribution in [1.82, 2.24) is 9.55 Å². The molecule has 0 spiro atoms. The van der Waals surface area contributed by atoms with Gasteiger partial charge in [0.1, 0.15) is 24.0 Å². The van der Waals surface area contributed by atoms with E-state index in [0.717, 1.165) is 61.7 Å². The third-order valence-corrected chi connectivity index (χ3v) is 18.9. The van der Waals surface area contributed by atoms with Crippen LogP contribution in [0.2, 0.25) is 0 Å². The number of pyridine rings is 1. The molecule has 0 fully saturated rings. The number of hydrogen-bond acceptors (Lipinski definition) is 5. The van der Waals surface area contributed by atoms with Crippen molar-refractivity contribution in [1.29, 1.82) is 0 Å². The summed E-state index contributed by atoms with van der Waals surface area (Å²) in [6.07, 6.45) is 1.93. The van der Waals surface area contributed by atoms with Crippen molar-refractivity contribution in [2.24, 2.45) is 0 Å². The summed E-state index contributed by atoms with van der Waals surface area (Å²) in [6.45, 7) is 34.2. The average molecular weight is 1160 g/mol. The van der Waals surface area contributed by atoms with Gasteiger partial charge in [0.25, 0.3) is 0 Å². The van der Waals surface area contributed by atoms with E-state index in [-0.39, 0.29) is 57.8 Å². The molecule has 13 rings (SSSR count). The van der Waals surface area contributed by atoms with Gasteiger partial charge in [-0.1, -0.05) is 219 Å². The summed E-state index contributed by atoms with van der Waals surface area (Å²) in [6, 6.07) is 55.3. The highest BCUT2D eigenvalue weighted by Gasteiger charge is 2.34. The van der Waals surface area contributed by atoms with Crippen LogP contribution in [0.5, 0.6) is 11.5 Å². The summed E-state index contributed by atoms with van der Waals surface area (Å²) in [5, 5.41) is 4.80. The second-order valence-electron chi connectivity index (χ2n) is 27.9. The van der Waals surface area contributed by atoms with E-state index in [1.54, 1.807) is 0 Å². The molecule has 1 aliphatic rings. The van der Waals surface area contributed by atoms with Gasteiger partial charge < -0.3 is 14.5 Å². The SMILES string of the molecule is [2H]c1c([2H])c([2H])c(-c2cccc(-c3cc(C(C)(C)C)cc(C(C)(C)C)c3)c2N2CN(c3cc(Oc4ccc5c6c7sc8ccccc8c7ccc6n(-c6cc(C(C)(C)C)ccn6)c5c4)cc(-c4c(C(C)C)cc(C(C)C)cc4C(C)C)c3)c3ccccc32)c([2H])c1[2H]. The Kier molecular flexibility index (Phi) is 12.9. The molecule has 12 aromatic rings. The first-order chi connectivity index (χ1) is 43.6. The van der Waals surface area contributed by atoms with Crippen molar-refractivity contribution >= 4 is 76.1 Å². The Morgan fingerprint density at radius 1 is 0.506 bits per heavy atom. The molecule has 438 valence electrons. The average Bonchev–Trinajstić information content (AvgIpc) is 1.52. The van der Waals surface area contributed by atoms with Crippen LogP contribution in [0.15, 0.2) is 194 Å². The summed E-state index contributed by atoms with van der Waals surface area (Å²) >= 11 is 1.84. The fourth-order valence-corrected chi connectivity index (χ4v) is 14.1. The molecule has 4 heterocycles. The Morgan fingerprint density at radius 2 is 1.14 bits per heavy atom. The third kappa shape index (κ3) is 10.5. The van der Waals surface area contributed by atoms with E-state index in [0.29, 0.717) is 29.6 Å². The second kappa shape index (κ2) is 21.7. The highest BCUT2D eigenvalue weighted by Crippen LogP contribution is 2.53. The van der Waals surface area contributed by atoms with E-state index in [2.05, 4.69) is 264 Å². The van der Waals surface area contributed by atoms with E-state index in [9.17, 15) is 2.74 Å². The van der Waals surface area contributed by atoms with Crippen LogP contribution in [0.1, 0.15) is 162 Å². The summed E-state index contributed by atoms with van der Waals surface area (Å²) in [5.41, 5.74) is 17.3. The number of nitrogens with zero attached hydrogens (tertiary/aromatic N) is 4. The molecule has 3 aromatic heterocycles. The van der Waals surface area contributed by atoms with Gasteiger partial charge in [0.05, 0.1) is 34.9 Å². The molecule has 87 heavy (non-hydrogen) atoms. The van der Waals surface area contributed by atoms with E-state index < -0.39 is 6.04 Å². The van der Waals surface area contributed by atoms with Gasteiger partial charge >= 0.3 is 0 Å². The predicted octanol–water partition coefficient (Wildman–Crippen LogP) is 23.8. The predicted molar refractivity (Wildman–Crippen MR) is 375 cm³/mol. The van der Waals surface area contributed by atoms with Crippen molar-refractivity contribution in [2.45, 2.75) is 138 Å². The topological polar surface area (TPSA) is 33.5 Å². The van der Waals surface area contributed by atoms with Gasteiger partial charge in [0.2, 0.25) is 0 Å². The molecule has 5 nitrogen and oxygen atoms in total. The lowest BCUT2D eigenvalue weighted by atomic mass is 9.78. The van der Waals surface area contributed by atoms with Crippen LogP contribution in [0.3, 0.4) is 0 Å². The number of ether oxygens (including phenoxy) is 1. The first-order valence-electron chi connectivity index (χ1n) is 33.4. The number of anilines is 4. The normalized spacial score (nSPS) is 14.0. The molecule has 0 unspecified atom stereocenters. The summed E-state index contributed by atoms with van der Waals surface area (Å²) in [7, 11) is 0. The van der Waals surface area contributed by atoms with Gasteiger partial charge in [0.15, 0.2) is 0 Å². The van der Waals surface area contributed by atoms with Crippen LogP contribution >= 0.6 is 11.3 Å². The van der Waals surface area contributed by atoms with E-state index >= 15 is 0 Å². The van der Waals surface area contributed by atoms with Crippen molar-refractivity contribution in [3.05, 3.63) is 228 Å². The number of para-hydroxylation sites is 3. The monoisotopic (exact) mass is 1160 g/mol. The molecule has 0 amide bonds. The molecule has 0 saturated heterocycles. The fourth-order valence-electron chi connectivity index (χ4n) is 12.9. The van der Waals surface area contributed by atoms with Crippen molar-refractivity contribution in [3.8, 4) is 50.7 Å². The number of fused-ring (bicyclic) bond motifs is 8. The van der Waals surface area contributed by atoms with Gasteiger partial charge in [-0.15, -0.1) is 11.3 Å². The minimum atomic E-state index is -0.427. The molecule has 0 radical (unpaired) electrons. The van der Waals surface area contributed by atoms with Crippen LogP contribution in [0.4, 0.5) is 22.7 Å².